The Labute approximate surface area is 143 Å². The van der Waals surface area contributed by atoms with Crippen LogP contribution >= 0.6 is 0 Å². The van der Waals surface area contributed by atoms with Crippen LogP contribution < -0.4 is 15.0 Å². The quantitative estimate of drug-likeness (QED) is 0.733. The highest BCUT2D eigenvalue weighted by Crippen LogP contribution is 2.33. The van der Waals surface area contributed by atoms with Crippen molar-refractivity contribution in [3.63, 3.8) is 0 Å². The Bertz CT molecular complexity index is 574. The maximum atomic E-state index is 12.3. The molecule has 2 amide bonds. The lowest BCUT2D eigenvalue weighted by molar-refractivity contribution is -0.126. The van der Waals surface area contributed by atoms with Gasteiger partial charge in [-0.3, -0.25) is 9.59 Å². The summed E-state index contributed by atoms with van der Waals surface area (Å²) in [5.74, 6) is 0.307. The lowest BCUT2D eigenvalue weighted by Crippen LogP contribution is -2.34. The van der Waals surface area contributed by atoms with Gasteiger partial charge in [0.1, 0.15) is 5.75 Å². The van der Waals surface area contributed by atoms with Crippen molar-refractivity contribution in [3.8, 4) is 5.75 Å². The highest BCUT2D eigenvalue weighted by Gasteiger charge is 2.36. The molecule has 1 aliphatic heterocycles. The Balaban J connectivity index is 1.94. The number of benzene rings is 1. The molecule has 1 saturated heterocycles. The molecule has 0 saturated carbocycles. The number of amides is 2. The van der Waals surface area contributed by atoms with Gasteiger partial charge in [0.05, 0.1) is 18.2 Å². The molecule has 1 aromatic rings. The first-order chi connectivity index (χ1) is 11.5. The standard InChI is InChI=1S/C18H27N3O3/c1-4-24-16-9-6-5-8-15(16)21-13-14(12-17(21)22)18(23)19-10-7-11-20(2)3/h5-6,8-9,14H,4,7,10-13H2,1-3H3,(H,19,23). The maximum absolute atomic E-state index is 12.3. The van der Waals surface area contributed by atoms with Gasteiger partial charge in [0.2, 0.25) is 11.8 Å². The molecule has 1 atom stereocenters. The topological polar surface area (TPSA) is 61.9 Å². The second-order valence-corrected chi connectivity index (χ2v) is 6.25. The van der Waals surface area contributed by atoms with E-state index in [4.69, 9.17) is 4.74 Å². The number of hydrogen-bond acceptors (Lipinski definition) is 4. The normalized spacial score (nSPS) is 17.4. The van der Waals surface area contributed by atoms with Crippen LogP contribution in [0.15, 0.2) is 24.3 Å². The minimum atomic E-state index is -0.300. The minimum absolute atomic E-state index is 0.0319. The van der Waals surface area contributed by atoms with Crippen molar-refractivity contribution in [1.82, 2.24) is 10.2 Å². The zero-order valence-electron chi connectivity index (χ0n) is 14.7. The van der Waals surface area contributed by atoms with Crippen LogP contribution in [0.1, 0.15) is 19.8 Å². The van der Waals surface area contributed by atoms with Gasteiger partial charge in [-0.25, -0.2) is 0 Å². The van der Waals surface area contributed by atoms with E-state index in [-0.39, 0.29) is 24.2 Å². The van der Waals surface area contributed by atoms with Crippen molar-refractivity contribution in [3.05, 3.63) is 24.3 Å². The molecule has 6 nitrogen and oxygen atoms in total. The van der Waals surface area contributed by atoms with Crippen LogP contribution in [0.5, 0.6) is 5.75 Å². The largest absolute Gasteiger partial charge is 0.492 e. The third-order valence-electron chi connectivity index (χ3n) is 4.03. The number of rotatable bonds is 8. The van der Waals surface area contributed by atoms with E-state index in [0.717, 1.165) is 18.7 Å². The molecule has 2 rings (SSSR count). The van der Waals surface area contributed by atoms with Crippen molar-refractivity contribution < 1.29 is 14.3 Å². The molecule has 0 spiro atoms. The molecule has 6 heteroatoms. The van der Waals surface area contributed by atoms with Gasteiger partial charge in [0, 0.05) is 19.5 Å². The van der Waals surface area contributed by atoms with Gasteiger partial charge in [0.25, 0.3) is 0 Å². The Hall–Kier alpha value is -2.08. The summed E-state index contributed by atoms with van der Waals surface area (Å²) in [6.07, 6.45) is 1.15. The molecule has 1 aliphatic rings. The van der Waals surface area contributed by atoms with E-state index in [1.54, 1.807) is 4.90 Å². The van der Waals surface area contributed by atoms with Crippen LogP contribution in [0.2, 0.25) is 0 Å². The Morgan fingerprint density at radius 1 is 1.38 bits per heavy atom. The van der Waals surface area contributed by atoms with Gasteiger partial charge in [0.15, 0.2) is 0 Å². The zero-order valence-corrected chi connectivity index (χ0v) is 14.7. The highest BCUT2D eigenvalue weighted by atomic mass is 16.5. The predicted octanol–water partition coefficient (Wildman–Crippen LogP) is 1.51. The van der Waals surface area contributed by atoms with Gasteiger partial charge < -0.3 is 19.9 Å². The molecule has 24 heavy (non-hydrogen) atoms. The van der Waals surface area contributed by atoms with E-state index in [2.05, 4.69) is 10.2 Å². The predicted molar refractivity (Wildman–Crippen MR) is 94.3 cm³/mol. The summed E-state index contributed by atoms with van der Waals surface area (Å²) in [7, 11) is 4.01. The fourth-order valence-electron chi connectivity index (χ4n) is 2.82. The van der Waals surface area contributed by atoms with Crippen molar-refractivity contribution in [2.75, 3.05) is 45.2 Å². The molecule has 132 valence electrons. The molecule has 0 radical (unpaired) electrons. The van der Waals surface area contributed by atoms with E-state index in [0.29, 0.717) is 25.4 Å². The van der Waals surface area contributed by atoms with E-state index < -0.39 is 0 Å². The van der Waals surface area contributed by atoms with Gasteiger partial charge in [-0.2, -0.15) is 0 Å². The van der Waals surface area contributed by atoms with Crippen LogP contribution in [0.3, 0.4) is 0 Å². The second-order valence-electron chi connectivity index (χ2n) is 6.25. The van der Waals surface area contributed by atoms with Crippen molar-refractivity contribution in [2.24, 2.45) is 5.92 Å². The number of carbonyl (C=O) groups is 2. The molecule has 0 bridgehead atoms. The van der Waals surface area contributed by atoms with Crippen LogP contribution in [0.4, 0.5) is 5.69 Å². The molecular formula is C18H27N3O3. The molecular weight excluding hydrogens is 306 g/mol. The van der Waals surface area contributed by atoms with Crippen LogP contribution in [-0.4, -0.2) is 57.1 Å². The number of carbonyl (C=O) groups excluding carboxylic acids is 2. The minimum Gasteiger partial charge on any atom is -0.492 e. The molecule has 0 aromatic heterocycles. The average molecular weight is 333 g/mol. The highest BCUT2D eigenvalue weighted by molar-refractivity contribution is 6.01. The summed E-state index contributed by atoms with van der Waals surface area (Å²) < 4.78 is 5.60. The molecule has 0 aliphatic carbocycles. The number of anilines is 1. The Morgan fingerprint density at radius 2 is 2.12 bits per heavy atom. The zero-order chi connectivity index (χ0) is 17.5. The lowest BCUT2D eigenvalue weighted by Gasteiger charge is -2.20. The number of hydrogen-bond donors (Lipinski definition) is 1. The third kappa shape index (κ3) is 4.71. The number of nitrogens with one attached hydrogen (secondary N) is 1. The second kappa shape index (κ2) is 8.68. The molecule has 1 N–H and O–H groups in total. The number of ether oxygens (including phenoxy) is 1. The third-order valence-corrected chi connectivity index (χ3v) is 4.03. The SMILES string of the molecule is CCOc1ccccc1N1CC(C(=O)NCCCN(C)C)CC1=O. The monoisotopic (exact) mass is 333 g/mol. The van der Waals surface area contributed by atoms with E-state index in [1.807, 2.05) is 45.3 Å². The van der Waals surface area contributed by atoms with E-state index in [9.17, 15) is 9.59 Å². The first-order valence-electron chi connectivity index (χ1n) is 8.47. The van der Waals surface area contributed by atoms with Crippen molar-refractivity contribution >= 4 is 17.5 Å². The summed E-state index contributed by atoms with van der Waals surface area (Å²) in [6, 6.07) is 7.46. The van der Waals surface area contributed by atoms with Crippen LogP contribution in [-0.2, 0) is 9.59 Å². The van der Waals surface area contributed by atoms with E-state index >= 15 is 0 Å². The smallest absolute Gasteiger partial charge is 0.227 e. The summed E-state index contributed by atoms with van der Waals surface area (Å²) >= 11 is 0. The van der Waals surface area contributed by atoms with Crippen molar-refractivity contribution in [1.29, 1.82) is 0 Å². The summed E-state index contributed by atoms with van der Waals surface area (Å²) in [6.45, 7) is 4.42. The van der Waals surface area contributed by atoms with E-state index in [1.165, 1.54) is 0 Å². The summed E-state index contributed by atoms with van der Waals surface area (Å²) in [4.78, 5) is 28.4. The van der Waals surface area contributed by atoms with Crippen LogP contribution in [0.25, 0.3) is 0 Å². The summed E-state index contributed by atoms with van der Waals surface area (Å²) in [5.41, 5.74) is 0.743. The Morgan fingerprint density at radius 3 is 2.83 bits per heavy atom. The molecule has 1 unspecified atom stereocenters. The molecule has 1 heterocycles. The van der Waals surface area contributed by atoms with Gasteiger partial charge in [-0.15, -0.1) is 0 Å². The fourth-order valence-corrected chi connectivity index (χ4v) is 2.82. The maximum Gasteiger partial charge on any atom is 0.227 e. The number of nitrogens with zero attached hydrogens (tertiary/aromatic N) is 2. The first kappa shape index (κ1) is 18.3. The van der Waals surface area contributed by atoms with Crippen molar-refractivity contribution in [2.45, 2.75) is 19.8 Å². The number of para-hydroxylation sites is 2. The van der Waals surface area contributed by atoms with Gasteiger partial charge in [-0.1, -0.05) is 12.1 Å². The average Bonchev–Trinajstić information content (AvgIpc) is 2.94. The summed E-state index contributed by atoms with van der Waals surface area (Å²) in [5, 5.41) is 2.94. The van der Waals surface area contributed by atoms with Crippen LogP contribution in [0, 0.1) is 5.92 Å². The van der Waals surface area contributed by atoms with Gasteiger partial charge >= 0.3 is 0 Å². The lowest BCUT2D eigenvalue weighted by atomic mass is 10.1. The molecule has 1 aromatic carbocycles. The fraction of sp³-hybridized carbons (Fsp3) is 0.556. The Kier molecular flexibility index (Phi) is 6.61. The first-order valence-corrected chi connectivity index (χ1v) is 8.47. The molecule has 1 fully saturated rings. The van der Waals surface area contributed by atoms with Gasteiger partial charge in [-0.05, 0) is 46.1 Å².